The lowest BCUT2D eigenvalue weighted by atomic mass is 9.79. The molecule has 2 saturated heterocycles. The Kier molecular flexibility index (Phi) is 2.98. The van der Waals surface area contributed by atoms with Crippen LogP contribution in [0.5, 0.6) is 0 Å². The van der Waals surface area contributed by atoms with E-state index in [0.717, 1.165) is 37.0 Å². The number of carbonyl (C=O) groups is 1. The van der Waals surface area contributed by atoms with E-state index in [9.17, 15) is 4.79 Å². The zero-order valence-corrected chi connectivity index (χ0v) is 12.2. The molecule has 106 valence electrons. The molecule has 0 aromatic rings. The van der Waals surface area contributed by atoms with Crippen molar-refractivity contribution >= 4 is 5.78 Å². The lowest BCUT2D eigenvalue weighted by molar-refractivity contribution is -0.126. The molecule has 4 aliphatic rings. The fourth-order valence-corrected chi connectivity index (χ4v) is 5.73. The summed E-state index contributed by atoms with van der Waals surface area (Å²) in [6.45, 7) is 0. The van der Waals surface area contributed by atoms with Gasteiger partial charge in [0.2, 0.25) is 0 Å². The number of ketones is 1. The van der Waals surface area contributed by atoms with Gasteiger partial charge in [0.15, 0.2) is 0 Å². The summed E-state index contributed by atoms with van der Waals surface area (Å²) in [6, 6.07) is 1.43. The maximum absolute atomic E-state index is 12.6. The first-order chi connectivity index (χ1) is 9.20. The maximum Gasteiger partial charge on any atom is 0.136 e. The molecule has 0 aromatic carbocycles. The van der Waals surface area contributed by atoms with Crippen LogP contribution in [0.1, 0.15) is 57.8 Å². The highest BCUT2D eigenvalue weighted by Gasteiger charge is 2.44. The Hall–Kier alpha value is -0.370. The zero-order chi connectivity index (χ0) is 13.0. The smallest absolute Gasteiger partial charge is 0.136 e. The lowest BCUT2D eigenvalue weighted by Gasteiger charge is -2.36. The fraction of sp³-hybridized carbons (Fsp3) is 0.941. The molecular formula is C17H27NO. The normalized spacial score (nSPS) is 48.9. The number of Topliss-reactive ketones (excluding diaryl/α,β-unsaturated/α-hetero) is 1. The Labute approximate surface area is 116 Å². The van der Waals surface area contributed by atoms with E-state index < -0.39 is 0 Å². The number of nitrogens with zero attached hydrogens (tertiary/aromatic N) is 1. The summed E-state index contributed by atoms with van der Waals surface area (Å²) in [7, 11) is 2.26. The summed E-state index contributed by atoms with van der Waals surface area (Å²) in [6.07, 6.45) is 11.6. The molecule has 4 rings (SSSR count). The highest BCUT2D eigenvalue weighted by Crippen LogP contribution is 2.50. The number of rotatable bonds is 3. The predicted octanol–water partition coefficient (Wildman–Crippen LogP) is 3.25. The summed E-state index contributed by atoms with van der Waals surface area (Å²) in [5.41, 5.74) is 0. The van der Waals surface area contributed by atoms with Crippen LogP contribution in [-0.4, -0.2) is 29.8 Å². The summed E-state index contributed by atoms with van der Waals surface area (Å²) in [4.78, 5) is 15.2. The first kappa shape index (κ1) is 12.4. The van der Waals surface area contributed by atoms with Gasteiger partial charge in [-0.3, -0.25) is 4.79 Å². The predicted molar refractivity (Wildman–Crippen MR) is 75.9 cm³/mol. The third kappa shape index (κ3) is 2.07. The van der Waals surface area contributed by atoms with Gasteiger partial charge in [-0.15, -0.1) is 0 Å². The summed E-state index contributed by atoms with van der Waals surface area (Å²) in [5.74, 6) is 3.70. The number of fused-ring (bicyclic) bond motifs is 4. The van der Waals surface area contributed by atoms with E-state index in [2.05, 4.69) is 11.9 Å². The average Bonchev–Trinajstić information content (AvgIpc) is 3.03. The molecule has 0 amide bonds. The molecule has 5 unspecified atom stereocenters. The third-order valence-electron chi connectivity index (χ3n) is 6.90. The van der Waals surface area contributed by atoms with Crippen molar-refractivity contribution in [3.8, 4) is 0 Å². The Balaban J connectivity index is 1.37. The van der Waals surface area contributed by atoms with Crippen molar-refractivity contribution in [2.75, 3.05) is 7.05 Å². The van der Waals surface area contributed by atoms with E-state index in [4.69, 9.17) is 0 Å². The van der Waals surface area contributed by atoms with E-state index in [1.54, 1.807) is 0 Å². The number of hydrogen-bond acceptors (Lipinski definition) is 2. The maximum atomic E-state index is 12.6. The van der Waals surface area contributed by atoms with Crippen molar-refractivity contribution in [2.45, 2.75) is 69.9 Å². The fourth-order valence-electron chi connectivity index (χ4n) is 5.73. The second-order valence-corrected chi connectivity index (χ2v) is 7.82. The van der Waals surface area contributed by atoms with Crippen LogP contribution in [0.3, 0.4) is 0 Å². The largest absolute Gasteiger partial charge is 0.300 e. The first-order valence-electron chi connectivity index (χ1n) is 8.45. The second kappa shape index (κ2) is 4.58. The van der Waals surface area contributed by atoms with Gasteiger partial charge < -0.3 is 4.90 Å². The minimum absolute atomic E-state index is 0.410. The summed E-state index contributed by atoms with van der Waals surface area (Å²) >= 11 is 0. The molecule has 0 radical (unpaired) electrons. The van der Waals surface area contributed by atoms with Crippen LogP contribution in [-0.2, 0) is 4.79 Å². The molecule has 19 heavy (non-hydrogen) atoms. The highest BCUT2D eigenvalue weighted by atomic mass is 16.1. The lowest BCUT2D eigenvalue weighted by Crippen LogP contribution is -2.42. The van der Waals surface area contributed by atoms with E-state index >= 15 is 0 Å². The van der Waals surface area contributed by atoms with Gasteiger partial charge in [-0.05, 0) is 69.7 Å². The number of carbonyl (C=O) groups excluding carboxylic acids is 1. The van der Waals surface area contributed by atoms with Crippen LogP contribution >= 0.6 is 0 Å². The van der Waals surface area contributed by atoms with E-state index in [1.807, 2.05) is 0 Å². The van der Waals surface area contributed by atoms with Crippen LogP contribution in [0, 0.1) is 23.7 Å². The molecular weight excluding hydrogens is 234 g/mol. The van der Waals surface area contributed by atoms with Crippen molar-refractivity contribution in [2.24, 2.45) is 23.7 Å². The third-order valence-corrected chi connectivity index (χ3v) is 6.90. The number of hydrogen-bond donors (Lipinski definition) is 0. The Bertz CT molecular complexity index is 365. The van der Waals surface area contributed by atoms with Crippen molar-refractivity contribution in [1.82, 2.24) is 4.90 Å². The van der Waals surface area contributed by atoms with Crippen LogP contribution in [0.15, 0.2) is 0 Å². The number of piperidine rings is 1. The van der Waals surface area contributed by atoms with Crippen LogP contribution in [0.25, 0.3) is 0 Å². The van der Waals surface area contributed by atoms with Gasteiger partial charge in [-0.25, -0.2) is 0 Å². The van der Waals surface area contributed by atoms with Gasteiger partial charge in [0.25, 0.3) is 0 Å². The van der Waals surface area contributed by atoms with Gasteiger partial charge in [-0.1, -0.05) is 6.42 Å². The zero-order valence-electron chi connectivity index (χ0n) is 12.2. The molecule has 5 atom stereocenters. The molecule has 4 bridgehead atoms. The Morgan fingerprint density at radius 3 is 2.32 bits per heavy atom. The van der Waals surface area contributed by atoms with Crippen LogP contribution in [0.2, 0.25) is 0 Å². The summed E-state index contributed by atoms with van der Waals surface area (Å²) in [5, 5.41) is 0. The standard InChI is InChI=1S/C17H27NO/c1-18-15-4-5-16(18)9-14(8-15)17(19)10-13-7-11-2-3-12(13)6-11/h11-16H,2-10H2,1H3. The molecule has 2 aliphatic heterocycles. The molecule has 2 nitrogen and oxygen atoms in total. The second-order valence-electron chi connectivity index (χ2n) is 7.82. The van der Waals surface area contributed by atoms with Gasteiger partial charge in [0.1, 0.15) is 5.78 Å². The van der Waals surface area contributed by atoms with Crippen LogP contribution < -0.4 is 0 Å². The summed E-state index contributed by atoms with van der Waals surface area (Å²) < 4.78 is 0. The molecule has 2 saturated carbocycles. The van der Waals surface area contributed by atoms with E-state index in [-0.39, 0.29) is 0 Å². The van der Waals surface area contributed by atoms with Gasteiger partial charge >= 0.3 is 0 Å². The average molecular weight is 261 g/mol. The molecule has 0 N–H and O–H groups in total. The van der Waals surface area contributed by atoms with Crippen molar-refractivity contribution < 1.29 is 4.79 Å². The molecule has 2 heteroatoms. The minimum Gasteiger partial charge on any atom is -0.300 e. The quantitative estimate of drug-likeness (QED) is 0.777. The van der Waals surface area contributed by atoms with Crippen molar-refractivity contribution in [3.63, 3.8) is 0 Å². The van der Waals surface area contributed by atoms with Gasteiger partial charge in [0, 0.05) is 24.4 Å². The van der Waals surface area contributed by atoms with Crippen LogP contribution in [0.4, 0.5) is 0 Å². The molecule has 2 aliphatic carbocycles. The Morgan fingerprint density at radius 1 is 1.00 bits per heavy atom. The topological polar surface area (TPSA) is 20.3 Å². The molecule has 2 heterocycles. The SMILES string of the molecule is CN1C2CCC1CC(C(=O)CC1CC3CCC1C3)C2. The van der Waals surface area contributed by atoms with Crippen molar-refractivity contribution in [3.05, 3.63) is 0 Å². The minimum atomic E-state index is 0.410. The van der Waals surface area contributed by atoms with Crippen molar-refractivity contribution in [1.29, 1.82) is 0 Å². The monoisotopic (exact) mass is 261 g/mol. The first-order valence-corrected chi connectivity index (χ1v) is 8.45. The molecule has 4 fully saturated rings. The highest BCUT2D eigenvalue weighted by molar-refractivity contribution is 5.81. The molecule has 0 aromatic heterocycles. The van der Waals surface area contributed by atoms with Gasteiger partial charge in [0.05, 0.1) is 0 Å². The van der Waals surface area contributed by atoms with Gasteiger partial charge in [-0.2, -0.15) is 0 Å². The van der Waals surface area contributed by atoms with E-state index in [1.165, 1.54) is 38.5 Å². The Morgan fingerprint density at radius 2 is 1.74 bits per heavy atom. The van der Waals surface area contributed by atoms with E-state index in [0.29, 0.717) is 23.8 Å². The molecule has 0 spiro atoms.